The third-order valence-electron chi connectivity index (χ3n) is 3.35. The van der Waals surface area contributed by atoms with Crippen molar-refractivity contribution in [2.75, 3.05) is 0 Å². The van der Waals surface area contributed by atoms with E-state index in [9.17, 15) is 14.7 Å². The standard InChI is InChI=1S/C15H19N3O4/c1-8(2)18-7-10(6-17-18)11(5-13(16)20)15-14(21)12(19)4-9(3)22-15/h4,6-8,11,21H,5H2,1-3H3,(H2,16,20)/t11-/m0/s1. The maximum Gasteiger partial charge on any atom is 0.227 e. The zero-order chi connectivity index (χ0) is 16.4. The van der Waals surface area contributed by atoms with Crippen molar-refractivity contribution in [2.45, 2.75) is 39.2 Å². The predicted octanol–water partition coefficient (Wildman–Crippen LogP) is 1.44. The number of nitrogens with two attached hydrogens (primary N) is 1. The minimum absolute atomic E-state index is 0.0344. The van der Waals surface area contributed by atoms with E-state index in [2.05, 4.69) is 5.10 Å². The second-order valence-corrected chi connectivity index (χ2v) is 5.50. The fraction of sp³-hybridized carbons (Fsp3) is 0.400. The van der Waals surface area contributed by atoms with E-state index in [0.717, 1.165) is 0 Å². The molecule has 0 saturated carbocycles. The lowest BCUT2D eigenvalue weighted by Gasteiger charge is -2.14. The molecule has 0 bridgehead atoms. The smallest absolute Gasteiger partial charge is 0.227 e. The summed E-state index contributed by atoms with van der Waals surface area (Å²) >= 11 is 0. The van der Waals surface area contributed by atoms with Crippen LogP contribution in [0.25, 0.3) is 0 Å². The number of carbonyl (C=O) groups excluding carboxylic acids is 1. The molecule has 22 heavy (non-hydrogen) atoms. The van der Waals surface area contributed by atoms with Gasteiger partial charge >= 0.3 is 0 Å². The second-order valence-electron chi connectivity index (χ2n) is 5.50. The highest BCUT2D eigenvalue weighted by molar-refractivity contribution is 5.75. The fourth-order valence-corrected chi connectivity index (χ4v) is 2.24. The van der Waals surface area contributed by atoms with E-state index in [1.807, 2.05) is 13.8 Å². The number of aromatic nitrogens is 2. The van der Waals surface area contributed by atoms with Gasteiger partial charge in [0.2, 0.25) is 17.1 Å². The number of amides is 1. The highest BCUT2D eigenvalue weighted by atomic mass is 16.4. The Labute approximate surface area is 127 Å². The minimum Gasteiger partial charge on any atom is -0.502 e. The molecule has 2 aromatic rings. The maximum atomic E-state index is 11.7. The van der Waals surface area contributed by atoms with Gasteiger partial charge in [0.1, 0.15) is 5.76 Å². The summed E-state index contributed by atoms with van der Waals surface area (Å²) in [6.45, 7) is 5.53. The summed E-state index contributed by atoms with van der Waals surface area (Å²) < 4.78 is 7.20. The van der Waals surface area contributed by atoms with Crippen LogP contribution in [0.1, 0.15) is 49.3 Å². The summed E-state index contributed by atoms with van der Waals surface area (Å²) in [6, 6.07) is 1.33. The largest absolute Gasteiger partial charge is 0.502 e. The third-order valence-corrected chi connectivity index (χ3v) is 3.35. The topological polar surface area (TPSA) is 111 Å². The molecule has 1 atom stereocenters. The first kappa shape index (κ1) is 15.8. The molecule has 2 heterocycles. The van der Waals surface area contributed by atoms with Gasteiger partial charge < -0.3 is 15.3 Å². The molecular formula is C15H19N3O4. The fourth-order valence-electron chi connectivity index (χ4n) is 2.24. The van der Waals surface area contributed by atoms with Gasteiger partial charge in [0.05, 0.1) is 12.1 Å². The lowest BCUT2D eigenvalue weighted by molar-refractivity contribution is -0.118. The molecule has 0 aliphatic heterocycles. The van der Waals surface area contributed by atoms with Crippen LogP contribution in [0.3, 0.4) is 0 Å². The lowest BCUT2D eigenvalue weighted by atomic mass is 9.94. The molecule has 1 amide bonds. The third kappa shape index (κ3) is 3.19. The minimum atomic E-state index is -0.655. The van der Waals surface area contributed by atoms with Crippen molar-refractivity contribution >= 4 is 5.91 Å². The average Bonchev–Trinajstić information content (AvgIpc) is 2.90. The van der Waals surface area contributed by atoms with Crippen molar-refractivity contribution < 1.29 is 14.3 Å². The van der Waals surface area contributed by atoms with Crippen LogP contribution in [-0.2, 0) is 4.79 Å². The molecule has 0 unspecified atom stereocenters. The zero-order valence-corrected chi connectivity index (χ0v) is 12.7. The molecule has 0 fully saturated rings. The molecule has 0 aromatic carbocycles. The van der Waals surface area contributed by atoms with Crippen LogP contribution in [0.4, 0.5) is 0 Å². The van der Waals surface area contributed by atoms with Gasteiger partial charge in [-0.3, -0.25) is 14.3 Å². The monoisotopic (exact) mass is 305 g/mol. The highest BCUT2D eigenvalue weighted by Crippen LogP contribution is 2.32. The highest BCUT2D eigenvalue weighted by Gasteiger charge is 2.26. The Kier molecular flexibility index (Phi) is 4.35. The van der Waals surface area contributed by atoms with Crippen molar-refractivity contribution in [2.24, 2.45) is 5.73 Å². The number of primary amides is 1. The Morgan fingerprint density at radius 3 is 2.73 bits per heavy atom. The van der Waals surface area contributed by atoms with Gasteiger partial charge in [-0.2, -0.15) is 5.10 Å². The molecular weight excluding hydrogens is 286 g/mol. The van der Waals surface area contributed by atoms with Crippen molar-refractivity contribution in [3.8, 4) is 5.75 Å². The first-order valence-electron chi connectivity index (χ1n) is 6.95. The summed E-state index contributed by atoms with van der Waals surface area (Å²) in [5.41, 5.74) is 5.39. The number of carbonyl (C=O) groups is 1. The Bertz CT molecular complexity index is 745. The first-order chi connectivity index (χ1) is 10.3. The molecule has 7 nitrogen and oxygen atoms in total. The Hall–Kier alpha value is -2.57. The Balaban J connectivity index is 2.55. The van der Waals surface area contributed by atoms with Crippen LogP contribution in [-0.4, -0.2) is 20.8 Å². The summed E-state index contributed by atoms with van der Waals surface area (Å²) in [5, 5.41) is 14.2. The summed E-state index contributed by atoms with van der Waals surface area (Å²) in [5.74, 6) is -1.34. The Morgan fingerprint density at radius 2 is 2.18 bits per heavy atom. The van der Waals surface area contributed by atoms with Gasteiger partial charge in [-0.1, -0.05) is 0 Å². The molecule has 7 heteroatoms. The molecule has 2 aromatic heterocycles. The molecule has 0 spiro atoms. The van der Waals surface area contributed by atoms with Crippen LogP contribution in [0.5, 0.6) is 5.75 Å². The first-order valence-corrected chi connectivity index (χ1v) is 6.95. The maximum absolute atomic E-state index is 11.7. The van der Waals surface area contributed by atoms with Crippen LogP contribution in [0, 0.1) is 6.92 Å². The van der Waals surface area contributed by atoms with Crippen molar-refractivity contribution in [1.29, 1.82) is 0 Å². The SMILES string of the molecule is Cc1cc(=O)c(O)c([C@@H](CC(N)=O)c2cnn(C(C)C)c2)o1. The van der Waals surface area contributed by atoms with E-state index in [4.69, 9.17) is 10.2 Å². The lowest BCUT2D eigenvalue weighted by Crippen LogP contribution is -2.17. The molecule has 0 aliphatic rings. The van der Waals surface area contributed by atoms with Gasteiger partial charge in [-0.15, -0.1) is 0 Å². The van der Waals surface area contributed by atoms with Gasteiger partial charge in [0, 0.05) is 30.3 Å². The molecule has 3 N–H and O–H groups in total. The number of aromatic hydroxyl groups is 1. The number of hydrogen-bond donors (Lipinski definition) is 2. The molecule has 0 radical (unpaired) electrons. The Morgan fingerprint density at radius 1 is 1.50 bits per heavy atom. The molecule has 2 rings (SSSR count). The summed E-state index contributed by atoms with van der Waals surface area (Å²) in [7, 11) is 0. The summed E-state index contributed by atoms with van der Waals surface area (Å²) in [6.07, 6.45) is 3.24. The van der Waals surface area contributed by atoms with E-state index >= 15 is 0 Å². The normalized spacial score (nSPS) is 12.5. The van der Waals surface area contributed by atoms with Gasteiger partial charge in [-0.05, 0) is 20.8 Å². The van der Waals surface area contributed by atoms with Crippen molar-refractivity contribution in [3.63, 3.8) is 0 Å². The van der Waals surface area contributed by atoms with E-state index in [-0.39, 0.29) is 18.2 Å². The number of rotatable bonds is 5. The quantitative estimate of drug-likeness (QED) is 0.868. The number of nitrogens with zero attached hydrogens (tertiary/aromatic N) is 2. The molecule has 0 saturated heterocycles. The van der Waals surface area contributed by atoms with Crippen molar-refractivity contribution in [3.05, 3.63) is 45.8 Å². The van der Waals surface area contributed by atoms with E-state index < -0.39 is 23.0 Å². The van der Waals surface area contributed by atoms with Gasteiger partial charge in [-0.25, -0.2) is 0 Å². The average molecular weight is 305 g/mol. The van der Waals surface area contributed by atoms with Crippen LogP contribution in [0.2, 0.25) is 0 Å². The van der Waals surface area contributed by atoms with E-state index in [0.29, 0.717) is 11.3 Å². The number of hydrogen-bond acceptors (Lipinski definition) is 5. The molecule has 0 aliphatic carbocycles. The number of aryl methyl sites for hydroxylation is 1. The molecule has 118 valence electrons. The van der Waals surface area contributed by atoms with Crippen LogP contribution >= 0.6 is 0 Å². The van der Waals surface area contributed by atoms with Gasteiger partial charge in [0.15, 0.2) is 5.76 Å². The van der Waals surface area contributed by atoms with E-state index in [1.54, 1.807) is 24.0 Å². The van der Waals surface area contributed by atoms with Crippen molar-refractivity contribution in [1.82, 2.24) is 9.78 Å². The zero-order valence-electron chi connectivity index (χ0n) is 12.7. The second kappa shape index (κ2) is 6.05. The van der Waals surface area contributed by atoms with Crippen LogP contribution < -0.4 is 11.2 Å². The van der Waals surface area contributed by atoms with E-state index in [1.165, 1.54) is 6.07 Å². The predicted molar refractivity (Wildman–Crippen MR) is 79.6 cm³/mol. The van der Waals surface area contributed by atoms with Crippen LogP contribution in [0.15, 0.2) is 27.7 Å². The summed E-state index contributed by atoms with van der Waals surface area (Å²) in [4.78, 5) is 23.1. The van der Waals surface area contributed by atoms with Gasteiger partial charge in [0.25, 0.3) is 0 Å².